The van der Waals surface area contributed by atoms with E-state index < -0.39 is 0 Å². The van der Waals surface area contributed by atoms with E-state index in [9.17, 15) is 5.11 Å². The Morgan fingerprint density at radius 1 is 1.50 bits per heavy atom. The van der Waals surface area contributed by atoms with Crippen molar-refractivity contribution in [1.82, 2.24) is 4.90 Å². The Bertz CT molecular complexity index is 109. The average Bonchev–Trinajstić information content (AvgIpc) is 1.98. The molecule has 0 aromatic heterocycles. The maximum Gasteiger partial charge on any atom is 0.0703 e. The fourth-order valence-electron chi connectivity index (χ4n) is 1.17. The largest absolute Gasteiger partial charge is 0.393 e. The van der Waals surface area contributed by atoms with Gasteiger partial charge in [-0.3, -0.25) is 0 Å². The fraction of sp³-hybridized carbons (Fsp3) is 1.00. The predicted molar refractivity (Wildman–Crippen MR) is 48.5 cm³/mol. The van der Waals surface area contributed by atoms with Crippen LogP contribution in [0.4, 0.5) is 0 Å². The van der Waals surface area contributed by atoms with E-state index in [-0.39, 0.29) is 12.0 Å². The minimum absolute atomic E-state index is 0.259. The van der Waals surface area contributed by atoms with E-state index in [1.165, 1.54) is 0 Å². The van der Waals surface area contributed by atoms with E-state index in [0.717, 1.165) is 6.54 Å². The Kier molecular flexibility index (Phi) is 6.28. The lowest BCUT2D eigenvalue weighted by molar-refractivity contribution is 0.0480. The first-order valence-electron chi connectivity index (χ1n) is 4.22. The van der Waals surface area contributed by atoms with Gasteiger partial charge in [-0.05, 0) is 26.4 Å². The molecule has 0 aliphatic heterocycles. The molecule has 0 aliphatic carbocycles. The van der Waals surface area contributed by atoms with Crippen LogP contribution in [0.5, 0.6) is 0 Å². The molecule has 2 atom stereocenters. The highest BCUT2D eigenvalue weighted by Gasteiger charge is 2.14. The highest BCUT2D eigenvalue weighted by molar-refractivity contribution is 4.66. The summed E-state index contributed by atoms with van der Waals surface area (Å²) in [6.07, 6.45) is 0.279. The lowest BCUT2D eigenvalue weighted by atomic mass is 10.0. The molecule has 0 bridgehead atoms. The standard InChI is InChI=1S/C8H20N2O2/c1-7(6-10(2)3)8(11)4-5-12-9/h7-8,11H,4-6,9H2,1-3H3. The number of hydrogen-bond donors (Lipinski definition) is 2. The van der Waals surface area contributed by atoms with Gasteiger partial charge in [0.05, 0.1) is 12.7 Å². The van der Waals surface area contributed by atoms with Gasteiger partial charge in [0.15, 0.2) is 0 Å². The van der Waals surface area contributed by atoms with Crippen LogP contribution < -0.4 is 5.90 Å². The Labute approximate surface area is 74.3 Å². The maximum absolute atomic E-state index is 9.54. The Balaban J connectivity index is 3.53. The number of rotatable bonds is 6. The highest BCUT2D eigenvalue weighted by Crippen LogP contribution is 2.07. The Morgan fingerprint density at radius 2 is 2.08 bits per heavy atom. The lowest BCUT2D eigenvalue weighted by Gasteiger charge is -2.21. The number of aliphatic hydroxyl groups excluding tert-OH is 1. The van der Waals surface area contributed by atoms with Crippen LogP contribution >= 0.6 is 0 Å². The van der Waals surface area contributed by atoms with Gasteiger partial charge in [0.1, 0.15) is 0 Å². The van der Waals surface area contributed by atoms with Crippen molar-refractivity contribution in [2.45, 2.75) is 19.4 Å². The molecule has 4 heteroatoms. The summed E-state index contributed by atoms with van der Waals surface area (Å²) in [5.74, 6) is 5.12. The summed E-state index contributed by atoms with van der Waals surface area (Å²) >= 11 is 0. The van der Waals surface area contributed by atoms with E-state index in [1.807, 2.05) is 21.0 Å². The average molecular weight is 176 g/mol. The van der Waals surface area contributed by atoms with Crippen LogP contribution in [0.2, 0.25) is 0 Å². The summed E-state index contributed by atoms with van der Waals surface area (Å²) in [7, 11) is 3.98. The molecule has 0 aromatic carbocycles. The molecule has 0 rings (SSSR count). The van der Waals surface area contributed by atoms with Crippen molar-refractivity contribution in [3.8, 4) is 0 Å². The van der Waals surface area contributed by atoms with E-state index in [0.29, 0.717) is 13.0 Å². The monoisotopic (exact) mass is 176 g/mol. The molecule has 0 amide bonds. The minimum Gasteiger partial charge on any atom is -0.393 e. The topological polar surface area (TPSA) is 58.7 Å². The molecule has 3 N–H and O–H groups in total. The first-order valence-corrected chi connectivity index (χ1v) is 4.22. The molecule has 0 saturated heterocycles. The number of nitrogens with two attached hydrogens (primary N) is 1. The van der Waals surface area contributed by atoms with Crippen molar-refractivity contribution in [2.75, 3.05) is 27.2 Å². The van der Waals surface area contributed by atoms with Gasteiger partial charge in [-0.1, -0.05) is 6.92 Å². The molecular weight excluding hydrogens is 156 g/mol. The van der Waals surface area contributed by atoms with Crippen LogP contribution in [0.3, 0.4) is 0 Å². The third kappa shape index (κ3) is 5.49. The third-order valence-corrected chi connectivity index (χ3v) is 1.84. The molecular formula is C8H20N2O2. The van der Waals surface area contributed by atoms with Crippen LogP contribution in [0.25, 0.3) is 0 Å². The fourth-order valence-corrected chi connectivity index (χ4v) is 1.17. The summed E-state index contributed by atoms with van der Waals surface area (Å²) < 4.78 is 0. The molecule has 0 fully saturated rings. The first-order chi connectivity index (χ1) is 5.57. The SMILES string of the molecule is CC(CN(C)C)C(O)CCON. The van der Waals surface area contributed by atoms with Crippen LogP contribution in [-0.4, -0.2) is 43.4 Å². The highest BCUT2D eigenvalue weighted by atomic mass is 16.6. The van der Waals surface area contributed by atoms with Gasteiger partial charge in [0.25, 0.3) is 0 Å². The zero-order valence-corrected chi connectivity index (χ0v) is 8.16. The zero-order chi connectivity index (χ0) is 9.56. The van der Waals surface area contributed by atoms with E-state index in [2.05, 4.69) is 9.74 Å². The second-order valence-electron chi connectivity index (χ2n) is 3.47. The van der Waals surface area contributed by atoms with Crippen LogP contribution in [0.1, 0.15) is 13.3 Å². The molecule has 12 heavy (non-hydrogen) atoms. The first kappa shape index (κ1) is 11.8. The minimum atomic E-state index is -0.323. The van der Waals surface area contributed by atoms with E-state index in [4.69, 9.17) is 5.90 Å². The summed E-state index contributed by atoms with van der Waals surface area (Å²) in [4.78, 5) is 6.45. The molecule has 0 spiro atoms. The zero-order valence-electron chi connectivity index (χ0n) is 8.16. The predicted octanol–water partition coefficient (Wildman–Crippen LogP) is -0.175. The van der Waals surface area contributed by atoms with Gasteiger partial charge >= 0.3 is 0 Å². The molecule has 0 heterocycles. The lowest BCUT2D eigenvalue weighted by Crippen LogP contribution is -2.29. The summed E-state index contributed by atoms with van der Waals surface area (Å²) in [5, 5.41) is 9.54. The van der Waals surface area contributed by atoms with Crippen LogP contribution in [0, 0.1) is 5.92 Å². The van der Waals surface area contributed by atoms with Crippen LogP contribution in [0.15, 0.2) is 0 Å². The summed E-state index contributed by atoms with van der Waals surface area (Å²) in [6, 6.07) is 0. The van der Waals surface area contributed by atoms with Crippen molar-refractivity contribution >= 4 is 0 Å². The molecule has 4 nitrogen and oxygen atoms in total. The van der Waals surface area contributed by atoms with E-state index in [1.54, 1.807) is 0 Å². The normalized spacial score (nSPS) is 16.5. The summed E-state index contributed by atoms with van der Waals surface area (Å²) in [6.45, 7) is 3.31. The van der Waals surface area contributed by atoms with Crippen molar-refractivity contribution < 1.29 is 9.94 Å². The van der Waals surface area contributed by atoms with Gasteiger partial charge in [0, 0.05) is 6.54 Å². The smallest absolute Gasteiger partial charge is 0.0703 e. The van der Waals surface area contributed by atoms with Gasteiger partial charge in [-0.25, -0.2) is 5.90 Å². The Hall–Kier alpha value is -0.160. The van der Waals surface area contributed by atoms with Gasteiger partial charge in [-0.2, -0.15) is 0 Å². The van der Waals surface area contributed by atoms with E-state index >= 15 is 0 Å². The molecule has 0 aromatic rings. The van der Waals surface area contributed by atoms with Crippen LogP contribution in [-0.2, 0) is 4.84 Å². The third-order valence-electron chi connectivity index (χ3n) is 1.84. The maximum atomic E-state index is 9.54. The van der Waals surface area contributed by atoms with Crippen molar-refractivity contribution in [2.24, 2.45) is 11.8 Å². The molecule has 0 radical (unpaired) electrons. The van der Waals surface area contributed by atoms with Gasteiger partial charge in [0.2, 0.25) is 0 Å². The second kappa shape index (κ2) is 6.37. The van der Waals surface area contributed by atoms with Crippen molar-refractivity contribution in [3.05, 3.63) is 0 Å². The molecule has 74 valence electrons. The molecule has 0 saturated carbocycles. The van der Waals surface area contributed by atoms with Crippen molar-refractivity contribution in [3.63, 3.8) is 0 Å². The number of aliphatic hydroxyl groups is 1. The van der Waals surface area contributed by atoms with Gasteiger partial charge in [-0.15, -0.1) is 0 Å². The molecule has 2 unspecified atom stereocenters. The van der Waals surface area contributed by atoms with Gasteiger partial charge < -0.3 is 14.8 Å². The number of hydrogen-bond acceptors (Lipinski definition) is 4. The second-order valence-corrected chi connectivity index (χ2v) is 3.47. The summed E-state index contributed by atoms with van der Waals surface area (Å²) in [5.41, 5.74) is 0. The Morgan fingerprint density at radius 3 is 2.50 bits per heavy atom. The quantitative estimate of drug-likeness (QED) is 0.551. The number of nitrogens with zero attached hydrogens (tertiary/aromatic N) is 1. The van der Waals surface area contributed by atoms with Crippen molar-refractivity contribution in [1.29, 1.82) is 0 Å². The molecule has 0 aliphatic rings.